The normalized spacial score (nSPS) is 10.4. The van der Waals surface area contributed by atoms with E-state index in [1.165, 1.54) is 17.3 Å². The number of rotatable bonds is 10. The number of hydrogen-bond donors (Lipinski definition) is 0. The predicted octanol–water partition coefficient (Wildman–Crippen LogP) is 1.77. The molecule has 1 aromatic carbocycles. The van der Waals surface area contributed by atoms with Gasteiger partial charge in [-0.15, -0.1) is 11.8 Å². The summed E-state index contributed by atoms with van der Waals surface area (Å²) in [5, 5.41) is 0. The van der Waals surface area contributed by atoms with E-state index in [4.69, 9.17) is 9.47 Å². The van der Waals surface area contributed by atoms with Gasteiger partial charge >= 0.3 is 11.9 Å². The Hall–Kier alpha value is -1.50. The Morgan fingerprint density at radius 1 is 1.13 bits per heavy atom. The van der Waals surface area contributed by atoms with Crippen molar-refractivity contribution < 1.29 is 36.0 Å². The number of hydrogen-bond acceptors (Lipinski definition) is 5. The minimum atomic E-state index is -0.238. The van der Waals surface area contributed by atoms with Crippen molar-refractivity contribution in [3.05, 3.63) is 42.5 Å². The first kappa shape index (κ1) is 35.9. The largest absolute Gasteiger partial charge is 1.00 e. The van der Waals surface area contributed by atoms with Crippen molar-refractivity contribution in [3.63, 3.8) is 0 Å². The number of carbonyl (C=O) groups excluding carboxylic acids is 2. The van der Waals surface area contributed by atoms with Crippen LogP contribution in [0.5, 0.6) is 0 Å². The summed E-state index contributed by atoms with van der Waals surface area (Å²) in [7, 11) is 6.14. The number of benzene rings is 1. The minimum absolute atomic E-state index is 0. The molecule has 0 amide bonds. The van der Waals surface area contributed by atoms with Gasteiger partial charge in [0.15, 0.2) is 0 Å². The van der Waals surface area contributed by atoms with E-state index in [1.54, 1.807) is 6.92 Å². The number of quaternary nitrogens is 1. The van der Waals surface area contributed by atoms with Crippen LogP contribution in [0, 0.1) is 5.92 Å². The van der Waals surface area contributed by atoms with Crippen LogP contribution >= 0.6 is 11.8 Å². The van der Waals surface area contributed by atoms with Gasteiger partial charge in [-0.25, -0.2) is 0 Å². The van der Waals surface area contributed by atoms with Crippen LogP contribution in [0.15, 0.2) is 36.9 Å². The highest BCUT2D eigenvalue weighted by Gasteiger charge is 2.17. The van der Waals surface area contributed by atoms with E-state index < -0.39 is 0 Å². The topological polar surface area (TPSA) is 52.6 Å². The molecule has 1 unspecified atom stereocenters. The summed E-state index contributed by atoms with van der Waals surface area (Å²) in [6, 6.07) is 10.0. The van der Waals surface area contributed by atoms with Gasteiger partial charge in [0.1, 0.15) is 13.2 Å². The highest BCUT2D eigenvalue weighted by molar-refractivity contribution is 7.99. The molecule has 0 saturated heterocycles. The van der Waals surface area contributed by atoms with Crippen LogP contribution < -0.4 is 12.4 Å². The minimum Gasteiger partial charge on any atom is -1.00 e. The van der Waals surface area contributed by atoms with Crippen molar-refractivity contribution in [3.8, 4) is 0 Å². The zero-order valence-corrected chi connectivity index (χ0v) is 19.2. The molecule has 0 aliphatic rings. The first-order chi connectivity index (χ1) is 12.7. The average molecular weight is 464 g/mol. The van der Waals surface area contributed by atoms with Crippen molar-refractivity contribution in [2.45, 2.75) is 28.7 Å². The molecule has 0 saturated carbocycles. The summed E-state index contributed by atoms with van der Waals surface area (Å²) in [4.78, 5) is 22.8. The van der Waals surface area contributed by atoms with E-state index in [2.05, 4.69) is 6.58 Å². The molecule has 1 rings (SSSR count). The summed E-state index contributed by atoms with van der Waals surface area (Å²) >= 11 is 1.40. The quantitative estimate of drug-likeness (QED) is 0.391. The lowest BCUT2D eigenvalue weighted by Gasteiger charge is -2.23. The number of thioether (sulfide) groups is 1. The van der Waals surface area contributed by atoms with E-state index in [9.17, 15) is 9.59 Å². The third kappa shape index (κ3) is 21.2. The Bertz CT molecular complexity index is 562. The van der Waals surface area contributed by atoms with Crippen LogP contribution in [0.1, 0.15) is 34.3 Å². The lowest BCUT2D eigenvalue weighted by molar-refractivity contribution is -0.870. The van der Waals surface area contributed by atoms with Gasteiger partial charge in [-0.1, -0.05) is 64.8 Å². The SMILES string of the molecule is C.C.C=Cc1ccccc1.CCOC(=O)CSCC(C)C(=O)OCC[N+](C)(C)C.[Cl-]. The van der Waals surface area contributed by atoms with Crippen molar-refractivity contribution >= 4 is 29.8 Å². The van der Waals surface area contributed by atoms with Gasteiger partial charge in [0, 0.05) is 5.75 Å². The fourth-order valence-electron chi connectivity index (χ4n) is 1.74. The number of carbonyl (C=O) groups is 2. The third-order valence-electron chi connectivity index (χ3n) is 3.34. The molecular formula is C23H42ClNO4S. The maximum Gasteiger partial charge on any atom is 0.315 e. The molecule has 0 aliphatic heterocycles. The smallest absolute Gasteiger partial charge is 0.315 e. The van der Waals surface area contributed by atoms with E-state index in [0.717, 1.165) is 11.0 Å². The van der Waals surface area contributed by atoms with Crippen LogP contribution in [0.2, 0.25) is 0 Å². The Morgan fingerprint density at radius 3 is 2.13 bits per heavy atom. The maximum atomic E-state index is 11.7. The molecule has 0 heterocycles. The highest BCUT2D eigenvalue weighted by atomic mass is 35.5. The van der Waals surface area contributed by atoms with Crippen LogP contribution in [0.25, 0.3) is 6.08 Å². The maximum absolute atomic E-state index is 11.7. The number of halogens is 1. The van der Waals surface area contributed by atoms with Gasteiger partial charge in [-0.2, -0.15) is 0 Å². The van der Waals surface area contributed by atoms with Gasteiger partial charge in [0.05, 0.1) is 39.4 Å². The molecule has 176 valence electrons. The predicted molar refractivity (Wildman–Crippen MR) is 127 cm³/mol. The lowest BCUT2D eigenvalue weighted by Crippen LogP contribution is -3.00. The van der Waals surface area contributed by atoms with Crippen LogP contribution in [0.4, 0.5) is 0 Å². The second-order valence-corrected chi connectivity index (χ2v) is 8.05. The highest BCUT2D eigenvalue weighted by Crippen LogP contribution is 2.10. The molecule has 30 heavy (non-hydrogen) atoms. The van der Waals surface area contributed by atoms with E-state index >= 15 is 0 Å². The number of nitrogens with zero attached hydrogens (tertiary/aromatic N) is 1. The van der Waals surface area contributed by atoms with Gasteiger partial charge in [0.2, 0.25) is 0 Å². The molecule has 7 heteroatoms. The van der Waals surface area contributed by atoms with Crippen LogP contribution in [0.3, 0.4) is 0 Å². The summed E-state index contributed by atoms with van der Waals surface area (Å²) in [6.45, 7) is 8.82. The Labute approximate surface area is 195 Å². The molecule has 0 aromatic heterocycles. The fourth-order valence-corrected chi connectivity index (χ4v) is 2.60. The molecule has 1 aromatic rings. The standard InChI is InChI=1S/C13H26NO4S.C8H8.2CH4.ClH/c1-6-17-12(15)10-19-9-11(2)13(16)18-8-7-14(3,4)5;1-2-8-6-4-3-5-7-8;;;/h11H,6-10H2,1-5H3;2-7H,1H2;2*1H4;1H/q+1;;;;/p-1. The second-order valence-electron chi connectivity index (χ2n) is 7.02. The van der Waals surface area contributed by atoms with Gasteiger partial charge in [-0.05, 0) is 12.5 Å². The van der Waals surface area contributed by atoms with Crippen molar-refractivity contribution in [1.29, 1.82) is 0 Å². The van der Waals surface area contributed by atoms with E-state index in [1.807, 2.05) is 64.5 Å². The number of ether oxygens (including phenoxy) is 2. The molecule has 0 bridgehead atoms. The molecule has 0 fully saturated rings. The van der Waals surface area contributed by atoms with Crippen molar-refractivity contribution in [2.75, 3.05) is 52.4 Å². The molecule has 0 N–H and O–H groups in total. The first-order valence-corrected chi connectivity index (χ1v) is 10.2. The zero-order valence-electron chi connectivity index (χ0n) is 17.7. The Balaban J connectivity index is -0.000000260. The molecule has 1 atom stereocenters. The number of esters is 2. The van der Waals surface area contributed by atoms with Gasteiger partial charge < -0.3 is 26.4 Å². The average Bonchev–Trinajstić information content (AvgIpc) is 2.62. The summed E-state index contributed by atoms with van der Waals surface area (Å²) in [5.74, 6) is 0.210. The summed E-state index contributed by atoms with van der Waals surface area (Å²) in [5.41, 5.74) is 1.17. The molecule has 0 aliphatic carbocycles. The lowest BCUT2D eigenvalue weighted by atomic mass is 10.2. The Morgan fingerprint density at radius 2 is 1.70 bits per heavy atom. The molecule has 0 spiro atoms. The third-order valence-corrected chi connectivity index (χ3v) is 4.51. The second kappa shape index (κ2) is 20.8. The van der Waals surface area contributed by atoms with Gasteiger partial charge in [0.25, 0.3) is 0 Å². The number of likely N-dealkylation sites (N-methyl/N-ethyl adjacent to an activating group) is 1. The van der Waals surface area contributed by atoms with Gasteiger partial charge in [-0.3, -0.25) is 9.59 Å². The van der Waals surface area contributed by atoms with Crippen molar-refractivity contribution in [1.82, 2.24) is 0 Å². The summed E-state index contributed by atoms with van der Waals surface area (Å²) < 4.78 is 10.8. The van der Waals surface area contributed by atoms with Crippen LogP contribution in [-0.4, -0.2) is 68.8 Å². The summed E-state index contributed by atoms with van der Waals surface area (Å²) in [6.07, 6.45) is 1.83. The molecule has 5 nitrogen and oxygen atoms in total. The Kier molecular flexibility index (Phi) is 24.8. The fraction of sp³-hybridized carbons (Fsp3) is 0.565. The molecular weight excluding hydrogens is 422 g/mol. The zero-order chi connectivity index (χ0) is 20.7. The molecule has 0 radical (unpaired) electrons. The van der Waals surface area contributed by atoms with E-state index in [-0.39, 0.29) is 50.9 Å². The van der Waals surface area contributed by atoms with Crippen LogP contribution in [-0.2, 0) is 19.1 Å². The first-order valence-electron chi connectivity index (χ1n) is 9.07. The van der Waals surface area contributed by atoms with E-state index in [0.29, 0.717) is 19.0 Å². The van der Waals surface area contributed by atoms with Crippen molar-refractivity contribution in [2.24, 2.45) is 5.92 Å². The monoisotopic (exact) mass is 463 g/mol.